The molecule has 0 fully saturated rings. The summed E-state index contributed by atoms with van der Waals surface area (Å²) in [5, 5.41) is 3.92. The molecule has 0 aromatic heterocycles. The van der Waals surface area contributed by atoms with E-state index >= 15 is 0 Å². The van der Waals surface area contributed by atoms with Crippen LogP contribution in [0.25, 0.3) is 0 Å². The molecule has 0 nitrogen and oxygen atoms in total. The summed E-state index contributed by atoms with van der Waals surface area (Å²) in [5.74, 6) is 0. The lowest BCUT2D eigenvalue weighted by Gasteiger charge is -2.48. The normalized spacial score (nSPS) is 15.5. The molecule has 10 rings (SSSR count). The van der Waals surface area contributed by atoms with Gasteiger partial charge in [0.15, 0.2) is 8.07 Å². The van der Waals surface area contributed by atoms with Crippen molar-refractivity contribution in [2.45, 2.75) is 385 Å². The first-order valence-corrected chi connectivity index (χ1v) is 47.2. The van der Waals surface area contributed by atoms with E-state index in [1.165, 1.54) is 166 Å². The van der Waals surface area contributed by atoms with Crippen LogP contribution < -0.4 is 15.6 Å². The Bertz CT molecular complexity index is 4310. The van der Waals surface area contributed by atoms with Gasteiger partial charge in [-0.3, -0.25) is 0 Å². The van der Waals surface area contributed by atoms with Crippen LogP contribution in [-0.4, -0.2) is 8.07 Å². The lowest BCUT2D eigenvalue weighted by atomic mass is 9.78. The van der Waals surface area contributed by atoms with Crippen molar-refractivity contribution in [3.8, 4) is 0 Å². The number of allylic oxidation sites excluding steroid dienone is 4. The van der Waals surface area contributed by atoms with Gasteiger partial charge in [0, 0.05) is 5.04 Å². The molecule has 0 N–H and O–H groups in total. The molecule has 0 saturated heterocycles. The highest BCUT2D eigenvalue weighted by molar-refractivity contribution is 7.14. The maximum Gasteiger partial charge on any atom is 0.161 e. The molecule has 1 aliphatic carbocycles. The van der Waals surface area contributed by atoms with Gasteiger partial charge < -0.3 is 0 Å². The zero-order valence-electron chi connectivity index (χ0n) is 82.4. The molecule has 0 saturated carbocycles. The summed E-state index contributed by atoms with van der Waals surface area (Å²) in [6.45, 7) is 96.7. The quantitative estimate of drug-likeness (QED) is 0.0668. The molecule has 0 heterocycles. The van der Waals surface area contributed by atoms with Crippen LogP contribution in [-0.2, 0) is 104 Å². The molecular formula is C117H160Si. The number of rotatable bonds is 16. The number of benzene rings is 9. The fraction of sp³-hybridized carbons (Fsp3) is 0.504. The molecule has 1 unspecified atom stereocenters. The van der Waals surface area contributed by atoms with Gasteiger partial charge in [-0.1, -0.05) is 437 Å². The Hall–Kier alpha value is -7.32. The Labute approximate surface area is 724 Å². The Morgan fingerprint density at radius 3 is 0.424 bits per heavy atom. The summed E-state index contributed by atoms with van der Waals surface area (Å²) >= 11 is 0. The minimum atomic E-state index is -3.78. The van der Waals surface area contributed by atoms with Gasteiger partial charge >= 0.3 is 0 Å². The van der Waals surface area contributed by atoms with E-state index in [0.717, 1.165) is 38.5 Å². The highest BCUT2D eigenvalue weighted by Crippen LogP contribution is 2.54. The molecule has 0 bridgehead atoms. The monoisotopic (exact) mass is 1590 g/mol. The third-order valence-electron chi connectivity index (χ3n) is 26.5. The van der Waals surface area contributed by atoms with Crippen LogP contribution in [0.3, 0.4) is 0 Å². The van der Waals surface area contributed by atoms with Crippen LogP contribution in [0.2, 0.25) is 5.04 Å². The van der Waals surface area contributed by atoms with Crippen LogP contribution in [0, 0.1) is 0 Å². The minimum Gasteiger partial charge on any atom is -0.0730 e. The van der Waals surface area contributed by atoms with E-state index in [0.29, 0.717) is 0 Å². The lowest BCUT2D eigenvalue weighted by molar-refractivity contribution is 0.566. The van der Waals surface area contributed by atoms with Gasteiger partial charge in [0.05, 0.1) is 0 Å². The van der Waals surface area contributed by atoms with E-state index in [1.807, 2.05) is 0 Å². The zero-order chi connectivity index (χ0) is 88.4. The average Bonchev–Trinajstić information content (AvgIpc) is 1.36. The van der Waals surface area contributed by atoms with Crippen molar-refractivity contribution in [1.82, 2.24) is 0 Å². The molecule has 118 heavy (non-hydrogen) atoms. The lowest BCUT2D eigenvalue weighted by Crippen LogP contribution is -2.73. The van der Waals surface area contributed by atoms with E-state index in [9.17, 15) is 0 Å². The third-order valence-corrected chi connectivity index (χ3v) is 32.0. The summed E-state index contributed by atoms with van der Waals surface area (Å²) < 4.78 is 0. The summed E-state index contributed by atoms with van der Waals surface area (Å²) in [5.41, 5.74) is 36.8. The Morgan fingerprint density at radius 2 is 0.314 bits per heavy atom. The highest BCUT2D eigenvalue weighted by Gasteiger charge is 2.57. The van der Waals surface area contributed by atoms with Gasteiger partial charge in [-0.25, -0.2) is 0 Å². The van der Waals surface area contributed by atoms with Crippen molar-refractivity contribution in [2.24, 2.45) is 0 Å². The molecule has 0 spiro atoms. The fourth-order valence-electron chi connectivity index (χ4n) is 18.0. The highest BCUT2D eigenvalue weighted by atomic mass is 28.3. The van der Waals surface area contributed by atoms with Crippen LogP contribution >= 0.6 is 0 Å². The van der Waals surface area contributed by atoms with Crippen molar-refractivity contribution in [3.63, 3.8) is 0 Å². The molecule has 9 aromatic carbocycles. The van der Waals surface area contributed by atoms with Crippen LogP contribution in [0.4, 0.5) is 0 Å². The number of hydrogen-bond acceptors (Lipinski definition) is 0. The summed E-state index contributed by atoms with van der Waals surface area (Å²) in [7, 11) is -3.78. The number of hydrogen-bond donors (Lipinski definition) is 0. The maximum atomic E-state index is 2.81. The molecule has 1 heteroatoms. The molecule has 632 valence electrons. The third kappa shape index (κ3) is 21.4. The van der Waals surface area contributed by atoms with E-state index in [2.05, 4.69) is 447 Å². The molecule has 0 amide bonds. The van der Waals surface area contributed by atoms with Gasteiger partial charge in [0.1, 0.15) is 0 Å². The van der Waals surface area contributed by atoms with Crippen molar-refractivity contribution in [2.75, 3.05) is 0 Å². The summed E-state index contributed by atoms with van der Waals surface area (Å²) in [4.78, 5) is 0. The molecular weight excluding hydrogens is 1430 g/mol. The first kappa shape index (κ1) is 93.0. The maximum absolute atomic E-state index is 3.78. The summed E-state index contributed by atoms with van der Waals surface area (Å²) in [6.07, 6.45) is 7.59. The van der Waals surface area contributed by atoms with Crippen molar-refractivity contribution in [1.29, 1.82) is 0 Å². The van der Waals surface area contributed by atoms with Gasteiger partial charge in [0.25, 0.3) is 0 Å². The second kappa shape index (κ2) is 32.2. The fourth-order valence-corrected chi connectivity index (χ4v) is 24.4. The molecule has 1 atom stereocenters. The predicted molar refractivity (Wildman–Crippen MR) is 524 cm³/mol. The second-order valence-electron chi connectivity index (χ2n) is 49.7. The standard InChI is InChI=1S/C117H160Si/c1-75-74-117(40,77(3)76(75)2)118(102-62-78(44-84-50-90(105(4,5)6)68-91(51-84)106(7,8)9)41-79(63-102)45-85-52-92(107(10,11)12)69-93(53-85)108(13,14)15,103-64-80(46-86-54-94(109(16,17)18)70-95(55-86)110(19,20)21)42-81(65-103)47-87-56-96(111(22,23)24)71-97(57-87)112(25,26)27)104-66-82(48-88-58-98(113(28,29)30)72-99(59-88)114(31,32)33)43-83(67-104)49-89-60-100(115(34,35)36)73-101(61-89)116(37,38)39/h41-43,50-74H,44-49H2,1-40H3. The molecule has 0 radical (unpaired) electrons. The molecule has 9 aromatic rings. The Balaban J connectivity index is 1.50. The van der Waals surface area contributed by atoms with E-state index < -0.39 is 13.1 Å². The SMILES string of the molecule is CC1=CC(C)([Si](c2cc(Cc3cc(C(C)(C)C)cc(C(C)(C)C)c3)cc(Cc3cc(C(C)(C)C)cc(C(C)(C)C)c3)c2)(c2cc(Cc3cc(C(C)(C)C)cc(C(C)(C)C)c3)cc(Cc3cc(C(C)(C)C)cc(C(C)(C)C)c3)c2)c2cc(Cc3cc(C(C)(C)C)cc(C(C)(C)C)c3)cc(Cc3cc(C(C)(C)C)cc(C(C)(C)C)c3)c2)C(C)=C1C. The first-order chi connectivity index (χ1) is 53.5. The van der Waals surface area contributed by atoms with Crippen LogP contribution in [0.1, 0.15) is 410 Å². The Morgan fingerprint density at radius 1 is 0.186 bits per heavy atom. The van der Waals surface area contributed by atoms with E-state index in [4.69, 9.17) is 0 Å². The largest absolute Gasteiger partial charge is 0.161 e. The average molecular weight is 1590 g/mol. The van der Waals surface area contributed by atoms with Gasteiger partial charge in [-0.05, 0) is 279 Å². The van der Waals surface area contributed by atoms with Crippen LogP contribution in [0.15, 0.2) is 187 Å². The molecule has 0 aliphatic heterocycles. The zero-order valence-corrected chi connectivity index (χ0v) is 83.4. The van der Waals surface area contributed by atoms with Crippen molar-refractivity contribution < 1.29 is 0 Å². The Kier molecular flexibility index (Phi) is 25.3. The van der Waals surface area contributed by atoms with E-state index in [1.54, 1.807) is 0 Å². The smallest absolute Gasteiger partial charge is 0.0730 e. The van der Waals surface area contributed by atoms with Crippen LogP contribution in [0.5, 0.6) is 0 Å². The first-order valence-electron chi connectivity index (χ1n) is 45.2. The topological polar surface area (TPSA) is 0 Å². The van der Waals surface area contributed by atoms with Gasteiger partial charge in [-0.2, -0.15) is 0 Å². The second-order valence-corrected chi connectivity index (χ2v) is 54.0. The predicted octanol–water partition coefficient (Wildman–Crippen LogP) is 30.3. The van der Waals surface area contributed by atoms with Gasteiger partial charge in [0.2, 0.25) is 0 Å². The summed E-state index contributed by atoms with van der Waals surface area (Å²) in [6, 6.07) is 70.8. The van der Waals surface area contributed by atoms with E-state index in [-0.39, 0.29) is 65.0 Å². The van der Waals surface area contributed by atoms with Crippen molar-refractivity contribution >= 4 is 23.6 Å². The molecule has 1 aliphatic rings. The minimum absolute atomic E-state index is 0.0577. The van der Waals surface area contributed by atoms with Crippen molar-refractivity contribution in [3.05, 3.63) is 320 Å². The van der Waals surface area contributed by atoms with Gasteiger partial charge in [-0.15, -0.1) is 0 Å².